The average Bonchev–Trinajstić information content (AvgIpc) is 2.76. The molecule has 0 aliphatic carbocycles. The van der Waals surface area contributed by atoms with Crippen molar-refractivity contribution >= 4 is 18.0 Å². The minimum atomic E-state index is -1.02. The lowest BCUT2D eigenvalue weighted by atomic mass is 10.0. The molecule has 0 spiro atoms. The first-order valence-corrected chi connectivity index (χ1v) is 5.34. The van der Waals surface area contributed by atoms with E-state index < -0.39 is 29.9 Å². The number of amides is 2. The summed E-state index contributed by atoms with van der Waals surface area (Å²) in [5.41, 5.74) is 0. The van der Waals surface area contributed by atoms with Crippen LogP contribution in [0.5, 0.6) is 0 Å². The quantitative estimate of drug-likeness (QED) is 0.622. The SMILES string of the molecule is COC(=O)CN(C)C(=O)NC1COCC1C(=O)O. The molecule has 2 amide bonds. The zero-order chi connectivity index (χ0) is 13.7. The summed E-state index contributed by atoms with van der Waals surface area (Å²) < 4.78 is 9.43. The second kappa shape index (κ2) is 6.20. The van der Waals surface area contributed by atoms with Crippen molar-refractivity contribution in [1.29, 1.82) is 0 Å². The molecule has 1 fully saturated rings. The molecule has 0 aromatic rings. The van der Waals surface area contributed by atoms with Crippen molar-refractivity contribution in [2.75, 3.05) is 33.9 Å². The molecule has 1 aliphatic heterocycles. The molecule has 1 rings (SSSR count). The van der Waals surface area contributed by atoms with Gasteiger partial charge >= 0.3 is 18.0 Å². The highest BCUT2D eigenvalue weighted by Gasteiger charge is 2.35. The Labute approximate surface area is 104 Å². The Kier molecular flexibility index (Phi) is 4.90. The van der Waals surface area contributed by atoms with Crippen LogP contribution in [0.1, 0.15) is 0 Å². The van der Waals surface area contributed by atoms with Crippen LogP contribution in [0, 0.1) is 5.92 Å². The maximum atomic E-state index is 11.7. The third-order valence-corrected chi connectivity index (χ3v) is 2.65. The lowest BCUT2D eigenvalue weighted by Crippen LogP contribution is -2.48. The number of hydrogen-bond donors (Lipinski definition) is 2. The number of carboxylic acid groups (broad SMARTS) is 1. The van der Waals surface area contributed by atoms with E-state index in [0.29, 0.717) is 0 Å². The Morgan fingerprint density at radius 2 is 2.11 bits per heavy atom. The van der Waals surface area contributed by atoms with E-state index in [1.165, 1.54) is 14.2 Å². The van der Waals surface area contributed by atoms with Gasteiger partial charge in [0.25, 0.3) is 0 Å². The Balaban J connectivity index is 2.48. The summed E-state index contributed by atoms with van der Waals surface area (Å²) in [6.07, 6.45) is 0. The van der Waals surface area contributed by atoms with Crippen molar-refractivity contribution in [3.63, 3.8) is 0 Å². The molecule has 2 unspecified atom stereocenters. The minimum Gasteiger partial charge on any atom is -0.481 e. The van der Waals surface area contributed by atoms with Gasteiger partial charge in [-0.25, -0.2) is 4.79 Å². The largest absolute Gasteiger partial charge is 0.481 e. The lowest BCUT2D eigenvalue weighted by Gasteiger charge is -2.21. The molecule has 0 aromatic carbocycles. The normalized spacial score (nSPS) is 22.3. The second-order valence-corrected chi connectivity index (χ2v) is 3.97. The molecule has 0 saturated carbocycles. The molecule has 2 atom stereocenters. The number of nitrogens with one attached hydrogen (secondary N) is 1. The van der Waals surface area contributed by atoms with Gasteiger partial charge in [-0.3, -0.25) is 9.59 Å². The maximum Gasteiger partial charge on any atom is 0.325 e. The van der Waals surface area contributed by atoms with Gasteiger partial charge < -0.3 is 24.8 Å². The Bertz CT molecular complexity index is 345. The van der Waals surface area contributed by atoms with Gasteiger partial charge in [0.15, 0.2) is 0 Å². The van der Waals surface area contributed by atoms with Crippen molar-refractivity contribution in [2.24, 2.45) is 5.92 Å². The van der Waals surface area contributed by atoms with Crippen LogP contribution < -0.4 is 5.32 Å². The summed E-state index contributed by atoms with van der Waals surface area (Å²) in [6, 6.07) is -1.13. The second-order valence-electron chi connectivity index (χ2n) is 3.97. The first-order valence-electron chi connectivity index (χ1n) is 5.34. The van der Waals surface area contributed by atoms with Gasteiger partial charge in [0.2, 0.25) is 0 Å². The highest BCUT2D eigenvalue weighted by molar-refractivity contribution is 5.81. The van der Waals surface area contributed by atoms with Crippen LogP contribution in [0.15, 0.2) is 0 Å². The number of aliphatic carboxylic acids is 1. The number of urea groups is 1. The highest BCUT2D eigenvalue weighted by atomic mass is 16.5. The van der Waals surface area contributed by atoms with Crippen LogP contribution in [-0.2, 0) is 19.1 Å². The zero-order valence-corrected chi connectivity index (χ0v) is 10.2. The number of nitrogens with zero attached hydrogens (tertiary/aromatic N) is 1. The van der Waals surface area contributed by atoms with E-state index in [-0.39, 0.29) is 19.8 Å². The molecule has 0 bridgehead atoms. The predicted octanol–water partition coefficient (Wildman–Crippen LogP) is -1.10. The number of ether oxygens (including phenoxy) is 2. The number of carbonyl (C=O) groups excluding carboxylic acids is 2. The van der Waals surface area contributed by atoms with Gasteiger partial charge in [0.05, 0.1) is 26.4 Å². The van der Waals surface area contributed by atoms with Crippen molar-refractivity contribution in [1.82, 2.24) is 10.2 Å². The molecule has 8 nitrogen and oxygen atoms in total. The topological polar surface area (TPSA) is 105 Å². The molecular formula is C10H16N2O6. The molecule has 2 N–H and O–H groups in total. The number of rotatable bonds is 4. The van der Waals surface area contributed by atoms with Crippen molar-refractivity contribution in [3.05, 3.63) is 0 Å². The van der Waals surface area contributed by atoms with E-state index >= 15 is 0 Å². The predicted molar refractivity (Wildman–Crippen MR) is 58.9 cm³/mol. The van der Waals surface area contributed by atoms with Gasteiger partial charge in [0.1, 0.15) is 12.5 Å². The monoisotopic (exact) mass is 260 g/mol. The van der Waals surface area contributed by atoms with Crippen molar-refractivity contribution in [3.8, 4) is 0 Å². The van der Waals surface area contributed by atoms with E-state index in [0.717, 1.165) is 4.90 Å². The smallest absolute Gasteiger partial charge is 0.325 e. The third-order valence-electron chi connectivity index (χ3n) is 2.65. The van der Waals surface area contributed by atoms with E-state index in [9.17, 15) is 14.4 Å². The Morgan fingerprint density at radius 3 is 2.67 bits per heavy atom. The average molecular weight is 260 g/mol. The van der Waals surface area contributed by atoms with Gasteiger partial charge in [-0.15, -0.1) is 0 Å². The fourth-order valence-electron chi connectivity index (χ4n) is 1.54. The lowest BCUT2D eigenvalue weighted by molar-refractivity contribution is -0.142. The molecular weight excluding hydrogens is 244 g/mol. The molecule has 1 heterocycles. The standard InChI is InChI=1S/C10H16N2O6/c1-12(3-8(13)17-2)10(16)11-7-5-18-4-6(7)9(14)15/h6-7H,3-5H2,1-2H3,(H,11,16)(H,14,15). The fourth-order valence-corrected chi connectivity index (χ4v) is 1.54. The number of methoxy groups -OCH3 is 1. The van der Waals surface area contributed by atoms with Gasteiger partial charge in [-0.2, -0.15) is 0 Å². The van der Waals surface area contributed by atoms with E-state index in [4.69, 9.17) is 9.84 Å². The summed E-state index contributed by atoms with van der Waals surface area (Å²) in [5, 5.41) is 11.4. The number of esters is 1. The highest BCUT2D eigenvalue weighted by Crippen LogP contribution is 2.14. The first kappa shape index (κ1) is 14.2. The van der Waals surface area contributed by atoms with Gasteiger partial charge in [-0.1, -0.05) is 0 Å². The molecule has 1 aliphatic rings. The van der Waals surface area contributed by atoms with Crippen molar-refractivity contribution in [2.45, 2.75) is 6.04 Å². The van der Waals surface area contributed by atoms with E-state index in [1.807, 2.05) is 0 Å². The maximum absolute atomic E-state index is 11.7. The van der Waals surface area contributed by atoms with Gasteiger partial charge in [-0.05, 0) is 0 Å². The van der Waals surface area contributed by atoms with Crippen molar-refractivity contribution < 1.29 is 29.0 Å². The molecule has 102 valence electrons. The Morgan fingerprint density at radius 1 is 1.44 bits per heavy atom. The van der Waals surface area contributed by atoms with Crippen LogP contribution in [0.2, 0.25) is 0 Å². The van der Waals surface area contributed by atoms with E-state index in [2.05, 4.69) is 10.1 Å². The van der Waals surface area contributed by atoms with E-state index in [1.54, 1.807) is 0 Å². The number of carboxylic acids is 1. The summed E-state index contributed by atoms with van der Waals surface area (Å²) in [4.78, 5) is 34.6. The van der Waals surface area contributed by atoms with Crippen LogP contribution in [0.3, 0.4) is 0 Å². The molecule has 18 heavy (non-hydrogen) atoms. The minimum absolute atomic E-state index is 0.0704. The third kappa shape index (κ3) is 3.59. The molecule has 8 heteroatoms. The van der Waals surface area contributed by atoms with Crippen LogP contribution in [0.25, 0.3) is 0 Å². The summed E-state index contributed by atoms with van der Waals surface area (Å²) in [7, 11) is 2.64. The number of hydrogen-bond acceptors (Lipinski definition) is 5. The summed E-state index contributed by atoms with van der Waals surface area (Å²) in [6.45, 7) is 0.0173. The number of likely N-dealkylation sites (N-methyl/N-ethyl adjacent to an activating group) is 1. The first-order chi connectivity index (χ1) is 8.45. The summed E-state index contributed by atoms with van der Waals surface area (Å²) in [5.74, 6) is -2.33. The Hall–Kier alpha value is -1.83. The molecule has 1 saturated heterocycles. The van der Waals surface area contributed by atoms with Crippen LogP contribution in [0.4, 0.5) is 4.79 Å². The zero-order valence-electron chi connectivity index (χ0n) is 10.2. The van der Waals surface area contributed by atoms with Crippen LogP contribution >= 0.6 is 0 Å². The molecule has 0 aromatic heterocycles. The summed E-state index contributed by atoms with van der Waals surface area (Å²) >= 11 is 0. The number of carbonyl (C=O) groups is 3. The van der Waals surface area contributed by atoms with Crippen LogP contribution in [-0.4, -0.2) is 67.9 Å². The van der Waals surface area contributed by atoms with Gasteiger partial charge in [0, 0.05) is 7.05 Å². The fraction of sp³-hybridized carbons (Fsp3) is 0.700. The molecule has 0 radical (unpaired) electrons.